The van der Waals surface area contributed by atoms with Gasteiger partial charge in [0.25, 0.3) is 5.91 Å². The number of carbonyl (C=O) groups excluding carboxylic acids is 3. The number of methoxy groups -OCH3 is 1. The summed E-state index contributed by atoms with van der Waals surface area (Å²) in [7, 11) is 3.12. The molecule has 1 unspecified atom stereocenters. The summed E-state index contributed by atoms with van der Waals surface area (Å²) in [6, 6.07) is 3.76. The third-order valence-electron chi connectivity index (χ3n) is 3.99. The summed E-state index contributed by atoms with van der Waals surface area (Å²) in [6.07, 6.45) is 3.03. The molecule has 0 aliphatic rings. The third kappa shape index (κ3) is 9.25. The first-order chi connectivity index (χ1) is 13.8. The molecule has 1 aromatic rings. The lowest BCUT2D eigenvalue weighted by Crippen LogP contribution is -2.50. The van der Waals surface area contributed by atoms with E-state index < -0.39 is 11.9 Å². The summed E-state index contributed by atoms with van der Waals surface area (Å²) in [5.74, 6) is -0.414. The highest BCUT2D eigenvalue weighted by Gasteiger charge is 2.26. The maximum atomic E-state index is 12.8. The Labute approximate surface area is 185 Å². The number of carbonyl (C=O) groups is 3. The monoisotopic (exact) mass is 463 g/mol. The minimum absolute atomic E-state index is 0.0981. The van der Waals surface area contributed by atoms with Gasteiger partial charge in [-0.3, -0.25) is 14.4 Å². The summed E-state index contributed by atoms with van der Waals surface area (Å²) in [5.41, 5.74) is 0.233. The van der Waals surface area contributed by atoms with Crippen LogP contribution in [-0.2, 0) is 14.3 Å². The van der Waals surface area contributed by atoms with Gasteiger partial charge in [0.05, 0.1) is 17.1 Å². The fourth-order valence-corrected chi connectivity index (χ4v) is 3.43. The van der Waals surface area contributed by atoms with Gasteiger partial charge in [0, 0.05) is 32.3 Å². The molecule has 7 nitrogen and oxygen atoms in total. The van der Waals surface area contributed by atoms with Crippen LogP contribution in [0.2, 0.25) is 10.0 Å². The van der Waals surface area contributed by atoms with Gasteiger partial charge in [0.2, 0.25) is 11.8 Å². The van der Waals surface area contributed by atoms with Crippen molar-refractivity contribution < 1.29 is 19.1 Å². The zero-order valence-electron chi connectivity index (χ0n) is 16.8. The molecule has 10 heteroatoms. The second-order valence-corrected chi connectivity index (χ2v) is 8.15. The minimum atomic E-state index is -0.770. The molecule has 162 valence electrons. The molecule has 0 saturated heterocycles. The maximum Gasteiger partial charge on any atom is 0.253 e. The molecule has 0 radical (unpaired) electrons. The molecule has 0 heterocycles. The Balaban J connectivity index is 2.73. The molecule has 0 spiro atoms. The average Bonchev–Trinajstić information content (AvgIpc) is 2.67. The van der Waals surface area contributed by atoms with Crippen molar-refractivity contribution in [1.29, 1.82) is 0 Å². The van der Waals surface area contributed by atoms with E-state index in [4.69, 9.17) is 27.9 Å². The number of thioether (sulfide) groups is 1. The molecule has 0 aromatic heterocycles. The molecule has 0 fully saturated rings. The molecule has 0 aliphatic carbocycles. The van der Waals surface area contributed by atoms with Crippen LogP contribution in [-0.4, -0.2) is 74.5 Å². The Morgan fingerprint density at radius 3 is 2.62 bits per heavy atom. The number of hydrogen-bond acceptors (Lipinski definition) is 5. The summed E-state index contributed by atoms with van der Waals surface area (Å²) < 4.78 is 4.93. The van der Waals surface area contributed by atoms with Crippen molar-refractivity contribution in [2.45, 2.75) is 18.9 Å². The number of hydrogen-bond donors (Lipinski definition) is 2. The Bertz CT molecular complexity index is 706. The SMILES string of the molecule is COCCCNC(=O)CN(C)C(=O)C(CCSC)NC(=O)c1ccc(Cl)cc1Cl. The summed E-state index contributed by atoms with van der Waals surface area (Å²) in [5, 5.41) is 6.07. The predicted molar refractivity (Wildman–Crippen MR) is 118 cm³/mol. The predicted octanol–water partition coefficient (Wildman–Crippen LogP) is 2.46. The lowest BCUT2D eigenvalue weighted by molar-refractivity contribution is -0.136. The summed E-state index contributed by atoms with van der Waals surface area (Å²) >= 11 is 13.5. The van der Waals surface area contributed by atoms with Crippen molar-refractivity contribution in [2.24, 2.45) is 0 Å². The van der Waals surface area contributed by atoms with Crippen LogP contribution < -0.4 is 10.6 Å². The van der Waals surface area contributed by atoms with Crippen molar-refractivity contribution in [1.82, 2.24) is 15.5 Å². The topological polar surface area (TPSA) is 87.7 Å². The number of likely N-dealkylation sites (N-methyl/N-ethyl adjacent to an activating group) is 1. The van der Waals surface area contributed by atoms with Crippen molar-refractivity contribution in [3.05, 3.63) is 33.8 Å². The number of benzene rings is 1. The molecule has 0 saturated carbocycles. The van der Waals surface area contributed by atoms with E-state index >= 15 is 0 Å². The number of halogens is 2. The van der Waals surface area contributed by atoms with Crippen LogP contribution in [0, 0.1) is 0 Å². The van der Waals surface area contributed by atoms with Crippen LogP contribution in [0.4, 0.5) is 0 Å². The van der Waals surface area contributed by atoms with E-state index in [2.05, 4.69) is 10.6 Å². The molecule has 29 heavy (non-hydrogen) atoms. The van der Waals surface area contributed by atoms with Gasteiger partial charge < -0.3 is 20.3 Å². The van der Waals surface area contributed by atoms with E-state index in [1.807, 2.05) is 6.26 Å². The van der Waals surface area contributed by atoms with Crippen LogP contribution in [0.25, 0.3) is 0 Å². The third-order valence-corrected chi connectivity index (χ3v) is 5.19. The van der Waals surface area contributed by atoms with Gasteiger partial charge in [-0.15, -0.1) is 0 Å². The van der Waals surface area contributed by atoms with E-state index in [0.29, 0.717) is 36.8 Å². The molecular weight excluding hydrogens is 437 g/mol. The van der Waals surface area contributed by atoms with Gasteiger partial charge in [-0.2, -0.15) is 11.8 Å². The summed E-state index contributed by atoms with van der Waals surface area (Å²) in [6.45, 7) is 0.917. The minimum Gasteiger partial charge on any atom is -0.385 e. The second-order valence-electron chi connectivity index (χ2n) is 6.32. The maximum absolute atomic E-state index is 12.8. The van der Waals surface area contributed by atoms with Gasteiger partial charge in [0.15, 0.2) is 0 Å². The molecule has 0 aliphatic heterocycles. The number of nitrogens with one attached hydrogen (secondary N) is 2. The first-order valence-electron chi connectivity index (χ1n) is 9.05. The molecule has 1 rings (SSSR count). The average molecular weight is 464 g/mol. The fraction of sp³-hybridized carbons (Fsp3) is 0.526. The molecule has 0 bridgehead atoms. The van der Waals surface area contributed by atoms with Gasteiger partial charge >= 0.3 is 0 Å². The van der Waals surface area contributed by atoms with Gasteiger partial charge in [-0.05, 0) is 43.0 Å². The van der Waals surface area contributed by atoms with E-state index in [-0.39, 0.29) is 28.9 Å². The number of rotatable bonds is 12. The Kier molecular flexibility index (Phi) is 12.1. The largest absolute Gasteiger partial charge is 0.385 e. The lowest BCUT2D eigenvalue weighted by atomic mass is 10.1. The van der Waals surface area contributed by atoms with E-state index in [9.17, 15) is 14.4 Å². The van der Waals surface area contributed by atoms with Crippen LogP contribution in [0.15, 0.2) is 18.2 Å². The molecule has 1 aromatic carbocycles. The van der Waals surface area contributed by atoms with E-state index in [1.165, 1.54) is 24.1 Å². The van der Waals surface area contributed by atoms with E-state index in [1.54, 1.807) is 24.9 Å². The second kappa shape index (κ2) is 13.7. The Hall–Kier alpha value is -1.48. The number of amides is 3. The van der Waals surface area contributed by atoms with Crippen LogP contribution >= 0.6 is 35.0 Å². The van der Waals surface area contributed by atoms with Crippen molar-refractivity contribution >= 4 is 52.7 Å². The molecule has 2 N–H and O–H groups in total. The fourth-order valence-electron chi connectivity index (χ4n) is 2.46. The first-order valence-corrected chi connectivity index (χ1v) is 11.2. The Morgan fingerprint density at radius 1 is 1.28 bits per heavy atom. The van der Waals surface area contributed by atoms with Crippen molar-refractivity contribution in [3.8, 4) is 0 Å². The molecule has 3 amide bonds. The first kappa shape index (κ1) is 25.6. The highest BCUT2D eigenvalue weighted by atomic mass is 35.5. The Morgan fingerprint density at radius 2 is 2.00 bits per heavy atom. The number of nitrogens with zero attached hydrogens (tertiary/aromatic N) is 1. The van der Waals surface area contributed by atoms with Crippen molar-refractivity contribution in [3.63, 3.8) is 0 Å². The zero-order valence-corrected chi connectivity index (χ0v) is 19.1. The van der Waals surface area contributed by atoms with E-state index in [0.717, 1.165) is 0 Å². The number of ether oxygens (including phenoxy) is 1. The van der Waals surface area contributed by atoms with Crippen LogP contribution in [0.1, 0.15) is 23.2 Å². The quantitative estimate of drug-likeness (QED) is 0.464. The lowest BCUT2D eigenvalue weighted by Gasteiger charge is -2.24. The van der Waals surface area contributed by atoms with Gasteiger partial charge in [-0.25, -0.2) is 0 Å². The zero-order chi connectivity index (χ0) is 21.8. The van der Waals surface area contributed by atoms with Gasteiger partial charge in [-0.1, -0.05) is 23.2 Å². The highest BCUT2D eigenvalue weighted by Crippen LogP contribution is 2.21. The van der Waals surface area contributed by atoms with Crippen molar-refractivity contribution in [2.75, 3.05) is 45.9 Å². The smallest absolute Gasteiger partial charge is 0.253 e. The molecular formula is C19H27Cl2N3O4S. The van der Waals surface area contributed by atoms with Crippen LogP contribution in [0.3, 0.4) is 0 Å². The van der Waals surface area contributed by atoms with Crippen LogP contribution in [0.5, 0.6) is 0 Å². The normalized spacial score (nSPS) is 11.6. The van der Waals surface area contributed by atoms with Gasteiger partial charge in [0.1, 0.15) is 6.04 Å². The highest BCUT2D eigenvalue weighted by molar-refractivity contribution is 7.98. The standard InChI is InChI=1S/C19H27Cl2N3O4S/c1-24(12-17(25)22-8-4-9-28-2)19(27)16(7-10-29-3)23-18(26)14-6-5-13(20)11-15(14)21/h5-6,11,16H,4,7-10,12H2,1-3H3,(H,22,25)(H,23,26). The summed E-state index contributed by atoms with van der Waals surface area (Å²) in [4.78, 5) is 38.7. The molecule has 1 atom stereocenters.